The number of pyridine rings is 1. The number of aromatic nitrogens is 3. The third kappa shape index (κ3) is 3.31. The third-order valence-corrected chi connectivity index (χ3v) is 3.86. The van der Waals surface area contributed by atoms with Gasteiger partial charge in [0.1, 0.15) is 6.34 Å². The Morgan fingerprint density at radius 1 is 1.48 bits per heavy atom. The Morgan fingerprint density at radius 3 is 2.76 bits per heavy atom. The lowest BCUT2D eigenvalue weighted by Gasteiger charge is -2.10. The van der Waals surface area contributed by atoms with E-state index in [1.54, 1.807) is 14.1 Å². The van der Waals surface area contributed by atoms with Gasteiger partial charge in [-0.25, -0.2) is 9.67 Å². The van der Waals surface area contributed by atoms with E-state index in [0.717, 1.165) is 0 Å². The number of nitrogens with zero attached hydrogens (tertiary/aromatic N) is 5. The Hall–Kier alpha value is -2.13. The van der Waals surface area contributed by atoms with Gasteiger partial charge in [0.15, 0.2) is 10.7 Å². The average molecular weight is 329 g/mol. The molecule has 8 nitrogen and oxygen atoms in total. The minimum absolute atomic E-state index is 0.0301. The molecule has 0 aliphatic rings. The van der Waals surface area contributed by atoms with Crippen LogP contribution in [0.25, 0.3) is 5.82 Å². The van der Waals surface area contributed by atoms with E-state index in [1.807, 2.05) is 0 Å². The Bertz CT molecular complexity index is 784. The summed E-state index contributed by atoms with van der Waals surface area (Å²) in [5.41, 5.74) is 5.81. The highest BCUT2D eigenvalue weighted by Gasteiger charge is 2.23. The molecule has 0 spiro atoms. The molecule has 0 saturated heterocycles. The first-order chi connectivity index (χ1) is 9.81. The standard InChI is InChI=1S/C11H13ClN6O2S/c1-17(2)7-16-21(19,20)10-9(13)3-4-14-11(10)18-6-8(12)5-15-18/h3-7H,1-2H3,(H2,13,14). The largest absolute Gasteiger partial charge is 0.397 e. The van der Waals surface area contributed by atoms with E-state index in [4.69, 9.17) is 17.3 Å². The molecule has 0 fully saturated rings. The Morgan fingerprint density at radius 2 is 2.19 bits per heavy atom. The molecule has 0 aliphatic heterocycles. The van der Waals surface area contributed by atoms with Crippen molar-refractivity contribution in [3.8, 4) is 5.82 Å². The summed E-state index contributed by atoms with van der Waals surface area (Å²) in [6, 6.07) is 1.38. The highest BCUT2D eigenvalue weighted by molar-refractivity contribution is 7.90. The van der Waals surface area contributed by atoms with Crippen LogP contribution < -0.4 is 5.73 Å². The zero-order valence-electron chi connectivity index (χ0n) is 11.3. The molecule has 2 rings (SSSR count). The van der Waals surface area contributed by atoms with E-state index < -0.39 is 10.0 Å². The van der Waals surface area contributed by atoms with Gasteiger partial charge in [-0.05, 0) is 6.07 Å². The number of hydrogen-bond acceptors (Lipinski definition) is 5. The fraction of sp³-hybridized carbons (Fsp3) is 0.182. The van der Waals surface area contributed by atoms with Crippen LogP contribution in [0.3, 0.4) is 0 Å². The van der Waals surface area contributed by atoms with Crippen molar-refractivity contribution in [2.75, 3.05) is 19.8 Å². The molecule has 2 N–H and O–H groups in total. The van der Waals surface area contributed by atoms with Crippen LogP contribution in [0, 0.1) is 0 Å². The van der Waals surface area contributed by atoms with Crippen molar-refractivity contribution in [1.29, 1.82) is 0 Å². The van der Waals surface area contributed by atoms with Gasteiger partial charge in [-0.2, -0.15) is 13.5 Å². The quantitative estimate of drug-likeness (QED) is 0.656. The van der Waals surface area contributed by atoms with Gasteiger partial charge in [0.25, 0.3) is 10.0 Å². The van der Waals surface area contributed by atoms with Gasteiger partial charge in [0.2, 0.25) is 0 Å². The van der Waals surface area contributed by atoms with Crippen LogP contribution in [0.1, 0.15) is 0 Å². The molecular formula is C11H13ClN6O2S. The van der Waals surface area contributed by atoms with Crippen LogP contribution in [-0.2, 0) is 10.0 Å². The summed E-state index contributed by atoms with van der Waals surface area (Å²) in [7, 11) is -0.714. The van der Waals surface area contributed by atoms with Gasteiger partial charge >= 0.3 is 0 Å². The third-order valence-electron chi connectivity index (χ3n) is 2.36. The molecule has 0 atom stereocenters. The first kappa shape index (κ1) is 15.3. The molecule has 0 amide bonds. The van der Waals surface area contributed by atoms with Gasteiger partial charge < -0.3 is 10.6 Å². The molecular weight excluding hydrogens is 316 g/mol. The summed E-state index contributed by atoms with van der Waals surface area (Å²) in [6.45, 7) is 0. The molecule has 112 valence electrons. The molecule has 2 aromatic heterocycles. The van der Waals surface area contributed by atoms with Gasteiger partial charge in [-0.1, -0.05) is 11.6 Å². The summed E-state index contributed by atoms with van der Waals surface area (Å²) in [5.74, 6) is 0.0396. The Labute approximate surface area is 126 Å². The van der Waals surface area contributed by atoms with E-state index in [2.05, 4.69) is 14.5 Å². The van der Waals surface area contributed by atoms with Gasteiger partial charge in [-0.3, -0.25) is 0 Å². The van der Waals surface area contributed by atoms with E-state index in [-0.39, 0.29) is 16.4 Å². The number of nitrogen functional groups attached to an aromatic ring is 1. The summed E-state index contributed by atoms with van der Waals surface area (Å²) in [5, 5.41) is 4.28. The second-order valence-electron chi connectivity index (χ2n) is 4.32. The van der Waals surface area contributed by atoms with Crippen molar-refractivity contribution in [1.82, 2.24) is 19.7 Å². The molecule has 0 aromatic carbocycles. The van der Waals surface area contributed by atoms with E-state index in [9.17, 15) is 8.42 Å². The number of rotatable bonds is 4. The molecule has 0 unspecified atom stereocenters. The SMILES string of the molecule is CN(C)C=NS(=O)(=O)c1c(N)ccnc1-n1cc(Cl)cn1. The molecule has 10 heteroatoms. The maximum absolute atomic E-state index is 12.3. The maximum atomic E-state index is 12.3. The highest BCUT2D eigenvalue weighted by Crippen LogP contribution is 2.26. The summed E-state index contributed by atoms with van der Waals surface area (Å²) >= 11 is 5.79. The van der Waals surface area contributed by atoms with Crippen molar-refractivity contribution < 1.29 is 8.42 Å². The molecule has 0 radical (unpaired) electrons. The summed E-state index contributed by atoms with van der Waals surface area (Å²) < 4.78 is 29.5. The predicted molar refractivity (Wildman–Crippen MR) is 80.1 cm³/mol. The van der Waals surface area contributed by atoms with Crippen LogP contribution in [-0.4, -0.2) is 48.5 Å². The van der Waals surface area contributed by atoms with Crippen molar-refractivity contribution >= 4 is 33.7 Å². The first-order valence-corrected chi connectivity index (χ1v) is 7.55. The number of sulfonamides is 1. The monoisotopic (exact) mass is 328 g/mol. The molecule has 2 aromatic rings. The van der Waals surface area contributed by atoms with Gasteiger partial charge in [0, 0.05) is 20.3 Å². The van der Waals surface area contributed by atoms with E-state index in [0.29, 0.717) is 5.02 Å². The number of halogens is 1. The zero-order chi connectivity index (χ0) is 15.6. The molecule has 0 saturated carbocycles. The lowest BCUT2D eigenvalue weighted by Crippen LogP contribution is -2.14. The van der Waals surface area contributed by atoms with Crippen molar-refractivity contribution in [3.05, 3.63) is 29.7 Å². The number of anilines is 1. The average Bonchev–Trinajstić information content (AvgIpc) is 2.82. The zero-order valence-corrected chi connectivity index (χ0v) is 12.9. The highest BCUT2D eigenvalue weighted by atomic mass is 35.5. The maximum Gasteiger partial charge on any atom is 0.289 e. The minimum atomic E-state index is -4.02. The normalized spacial score (nSPS) is 12.0. The van der Waals surface area contributed by atoms with Crippen LogP contribution >= 0.6 is 11.6 Å². The topological polar surface area (TPSA) is 106 Å². The van der Waals surface area contributed by atoms with Gasteiger partial charge in [0.05, 0.1) is 23.1 Å². The van der Waals surface area contributed by atoms with Gasteiger partial charge in [-0.15, -0.1) is 4.40 Å². The lowest BCUT2D eigenvalue weighted by atomic mass is 10.4. The molecule has 2 heterocycles. The molecule has 21 heavy (non-hydrogen) atoms. The second kappa shape index (κ2) is 5.70. The van der Waals surface area contributed by atoms with E-state index in [1.165, 1.54) is 40.6 Å². The van der Waals surface area contributed by atoms with E-state index >= 15 is 0 Å². The summed E-state index contributed by atoms with van der Waals surface area (Å²) in [6.07, 6.45) is 5.35. The Kier molecular flexibility index (Phi) is 4.14. The van der Waals surface area contributed by atoms with Crippen molar-refractivity contribution in [2.45, 2.75) is 4.90 Å². The predicted octanol–water partition coefficient (Wildman–Crippen LogP) is 0.781. The van der Waals surface area contributed by atoms with Crippen LogP contribution in [0.5, 0.6) is 0 Å². The summed E-state index contributed by atoms with van der Waals surface area (Å²) in [4.78, 5) is 5.29. The van der Waals surface area contributed by atoms with Crippen molar-refractivity contribution in [2.24, 2.45) is 4.40 Å². The fourth-order valence-corrected chi connectivity index (χ4v) is 2.80. The lowest BCUT2D eigenvalue weighted by molar-refractivity contribution is 0.593. The van der Waals surface area contributed by atoms with Crippen LogP contribution in [0.4, 0.5) is 5.69 Å². The second-order valence-corrected chi connectivity index (χ2v) is 6.32. The number of nitrogens with two attached hydrogens (primary N) is 1. The van der Waals surface area contributed by atoms with Crippen molar-refractivity contribution in [3.63, 3.8) is 0 Å². The molecule has 0 aliphatic carbocycles. The fourth-order valence-electron chi connectivity index (χ4n) is 1.50. The van der Waals surface area contributed by atoms with Crippen LogP contribution in [0.15, 0.2) is 34.0 Å². The smallest absolute Gasteiger partial charge is 0.289 e. The molecule has 0 bridgehead atoms. The Balaban J connectivity index is 2.63. The minimum Gasteiger partial charge on any atom is -0.397 e. The van der Waals surface area contributed by atoms with Crippen LogP contribution in [0.2, 0.25) is 5.02 Å². The number of hydrogen-bond donors (Lipinski definition) is 1. The first-order valence-electron chi connectivity index (χ1n) is 5.73.